The summed E-state index contributed by atoms with van der Waals surface area (Å²) in [6.45, 7) is 3.05. The number of ether oxygens (including phenoxy) is 1. The molecule has 200 valence electrons. The van der Waals surface area contributed by atoms with Gasteiger partial charge in [0.25, 0.3) is 5.91 Å². The average molecular weight is 530 g/mol. The van der Waals surface area contributed by atoms with Crippen LogP contribution in [0.4, 0.5) is 18.0 Å². The Balaban J connectivity index is 1.61. The minimum Gasteiger partial charge on any atom is -0.465 e. The van der Waals surface area contributed by atoms with Crippen molar-refractivity contribution in [2.24, 2.45) is 7.05 Å². The zero-order valence-corrected chi connectivity index (χ0v) is 20.7. The van der Waals surface area contributed by atoms with Crippen molar-refractivity contribution in [3.63, 3.8) is 0 Å². The zero-order valence-electron chi connectivity index (χ0n) is 20.7. The number of benzene rings is 2. The number of piperidine rings is 1. The third kappa shape index (κ3) is 4.73. The van der Waals surface area contributed by atoms with E-state index in [1.54, 1.807) is 11.6 Å². The Morgan fingerprint density at radius 1 is 1.21 bits per heavy atom. The first-order valence-electron chi connectivity index (χ1n) is 12.2. The van der Waals surface area contributed by atoms with Gasteiger partial charge in [0.05, 0.1) is 11.2 Å². The maximum atomic E-state index is 13.4. The van der Waals surface area contributed by atoms with Gasteiger partial charge < -0.3 is 29.2 Å². The zero-order chi connectivity index (χ0) is 27.2. The molecule has 1 unspecified atom stereocenters. The number of nitrogens with zero attached hydrogens (tertiary/aromatic N) is 4. The first-order valence-corrected chi connectivity index (χ1v) is 12.2. The second-order valence-electron chi connectivity index (χ2n) is 9.26. The molecule has 3 heterocycles. The Bertz CT molecular complexity index is 1540. The van der Waals surface area contributed by atoms with E-state index in [-0.39, 0.29) is 23.1 Å². The molecule has 12 heteroatoms. The number of aromatic nitrogens is 3. The van der Waals surface area contributed by atoms with Gasteiger partial charge in [0, 0.05) is 49.2 Å². The molecule has 0 spiro atoms. The van der Waals surface area contributed by atoms with Crippen LogP contribution in [0, 0.1) is 0 Å². The molecule has 4 aromatic rings. The van der Waals surface area contributed by atoms with E-state index < -0.39 is 30.2 Å². The van der Waals surface area contributed by atoms with Gasteiger partial charge in [0.15, 0.2) is 11.6 Å². The normalized spacial score (nSPS) is 16.2. The molecule has 1 aliphatic rings. The Morgan fingerprint density at radius 2 is 1.97 bits per heavy atom. The second kappa shape index (κ2) is 9.58. The number of aryl methyl sites for hydroxylation is 2. The van der Waals surface area contributed by atoms with Crippen LogP contribution < -0.4 is 10.1 Å². The van der Waals surface area contributed by atoms with Crippen molar-refractivity contribution in [1.82, 2.24) is 24.3 Å². The van der Waals surface area contributed by atoms with Crippen molar-refractivity contribution < 1.29 is 32.6 Å². The standard InChI is InChI=1S/C26H26F3N5O4/c1-3-34-19-9-5-4-7-15(19)12-20(34)23-31-18-11-16(13-21(22(18)32(23)2)38-26(27,28)29)24(35)33-10-6-8-17(14-33)30-25(36)37/h4-5,7,9,11-13,17,30H,3,6,8,10,14H2,1-2H3,(H,36,37). The molecule has 2 amide bonds. The Hall–Kier alpha value is -4.22. The Labute approximate surface area is 215 Å². The quantitative estimate of drug-likeness (QED) is 0.380. The van der Waals surface area contributed by atoms with Crippen LogP contribution in [0.15, 0.2) is 42.5 Å². The van der Waals surface area contributed by atoms with Crippen molar-refractivity contribution in [3.8, 4) is 17.3 Å². The molecule has 0 aliphatic carbocycles. The monoisotopic (exact) mass is 529 g/mol. The number of hydrogen-bond donors (Lipinski definition) is 2. The molecular weight excluding hydrogens is 503 g/mol. The molecule has 1 saturated heterocycles. The molecule has 1 aliphatic heterocycles. The van der Waals surface area contributed by atoms with Crippen LogP contribution in [0.2, 0.25) is 0 Å². The molecular formula is C26H26F3N5O4. The number of alkyl halides is 3. The summed E-state index contributed by atoms with van der Waals surface area (Å²) in [6.07, 6.45) is -5.07. The van der Waals surface area contributed by atoms with E-state index in [0.29, 0.717) is 31.8 Å². The van der Waals surface area contributed by atoms with E-state index in [9.17, 15) is 22.8 Å². The predicted molar refractivity (Wildman–Crippen MR) is 134 cm³/mol. The lowest BCUT2D eigenvalue weighted by Crippen LogP contribution is -2.49. The lowest BCUT2D eigenvalue weighted by Gasteiger charge is -2.32. The van der Waals surface area contributed by atoms with E-state index in [1.807, 2.05) is 41.8 Å². The predicted octanol–water partition coefficient (Wildman–Crippen LogP) is 4.99. The third-order valence-corrected chi connectivity index (χ3v) is 6.80. The Morgan fingerprint density at radius 3 is 2.68 bits per heavy atom. The van der Waals surface area contributed by atoms with Crippen LogP contribution in [0.3, 0.4) is 0 Å². The highest BCUT2D eigenvalue weighted by Gasteiger charge is 2.34. The number of halogens is 3. The number of fused-ring (bicyclic) bond motifs is 2. The summed E-state index contributed by atoms with van der Waals surface area (Å²) in [4.78, 5) is 30.5. The van der Waals surface area contributed by atoms with Crippen molar-refractivity contribution in [1.29, 1.82) is 0 Å². The smallest absolute Gasteiger partial charge is 0.465 e. The van der Waals surface area contributed by atoms with E-state index in [2.05, 4.69) is 15.0 Å². The van der Waals surface area contributed by atoms with Crippen molar-refractivity contribution >= 4 is 33.9 Å². The van der Waals surface area contributed by atoms with E-state index >= 15 is 0 Å². The van der Waals surface area contributed by atoms with E-state index in [4.69, 9.17) is 5.11 Å². The Kier molecular flexibility index (Phi) is 6.41. The molecule has 0 bridgehead atoms. The summed E-state index contributed by atoms with van der Waals surface area (Å²) >= 11 is 0. The highest BCUT2D eigenvalue weighted by molar-refractivity contribution is 6.00. The van der Waals surface area contributed by atoms with Crippen LogP contribution >= 0.6 is 0 Å². The molecule has 5 rings (SSSR count). The van der Waals surface area contributed by atoms with E-state index in [1.165, 1.54) is 11.0 Å². The lowest BCUT2D eigenvalue weighted by molar-refractivity contribution is -0.274. The number of likely N-dealkylation sites (tertiary alicyclic amines) is 1. The van der Waals surface area contributed by atoms with Crippen LogP contribution in [-0.4, -0.2) is 61.6 Å². The number of carboxylic acid groups (broad SMARTS) is 1. The van der Waals surface area contributed by atoms with Gasteiger partial charge in [0.1, 0.15) is 5.52 Å². The number of imidazole rings is 1. The summed E-state index contributed by atoms with van der Waals surface area (Å²) in [7, 11) is 1.61. The largest absolute Gasteiger partial charge is 0.573 e. The van der Waals surface area contributed by atoms with Gasteiger partial charge in [-0.25, -0.2) is 9.78 Å². The first-order chi connectivity index (χ1) is 18.1. The fourth-order valence-electron chi connectivity index (χ4n) is 5.24. The van der Waals surface area contributed by atoms with Crippen LogP contribution in [0.1, 0.15) is 30.1 Å². The van der Waals surface area contributed by atoms with Crippen LogP contribution in [0.5, 0.6) is 5.75 Å². The van der Waals surface area contributed by atoms with Gasteiger partial charge in [0.2, 0.25) is 0 Å². The maximum Gasteiger partial charge on any atom is 0.573 e. The minimum atomic E-state index is -4.99. The summed E-state index contributed by atoms with van der Waals surface area (Å²) in [6, 6.07) is 11.7. The number of amides is 2. The lowest BCUT2D eigenvalue weighted by atomic mass is 10.0. The highest BCUT2D eigenvalue weighted by Crippen LogP contribution is 2.36. The molecule has 1 atom stereocenters. The van der Waals surface area contributed by atoms with Crippen molar-refractivity contribution in [3.05, 3.63) is 48.0 Å². The summed E-state index contributed by atoms with van der Waals surface area (Å²) in [5.74, 6) is -0.625. The summed E-state index contributed by atoms with van der Waals surface area (Å²) in [5.41, 5.74) is 1.95. The number of rotatable bonds is 5. The number of carbonyl (C=O) groups excluding carboxylic acids is 1. The maximum absolute atomic E-state index is 13.4. The van der Waals surface area contributed by atoms with Gasteiger partial charge in [-0.3, -0.25) is 4.79 Å². The third-order valence-electron chi connectivity index (χ3n) is 6.80. The molecule has 2 aromatic heterocycles. The fraction of sp³-hybridized carbons (Fsp3) is 0.346. The number of carbonyl (C=O) groups is 2. The number of hydrogen-bond acceptors (Lipinski definition) is 4. The summed E-state index contributed by atoms with van der Waals surface area (Å²) in [5, 5.41) is 12.4. The van der Waals surface area contributed by atoms with Crippen LogP contribution in [0.25, 0.3) is 33.5 Å². The molecule has 0 radical (unpaired) electrons. The molecule has 2 aromatic carbocycles. The van der Waals surface area contributed by atoms with Crippen molar-refractivity contribution in [2.45, 2.75) is 38.7 Å². The topological polar surface area (TPSA) is 102 Å². The van der Waals surface area contributed by atoms with Crippen LogP contribution in [-0.2, 0) is 13.6 Å². The SMILES string of the molecule is CCn1c(-c2nc3cc(C(=O)N4CCCC(NC(=O)O)C4)cc(OC(F)(F)F)c3n2C)cc2ccccc21. The molecule has 38 heavy (non-hydrogen) atoms. The number of nitrogens with one attached hydrogen (secondary N) is 1. The molecule has 1 fully saturated rings. The first kappa shape index (κ1) is 25.4. The van der Waals surface area contributed by atoms with Crippen molar-refractivity contribution in [2.75, 3.05) is 13.1 Å². The van der Waals surface area contributed by atoms with E-state index in [0.717, 1.165) is 22.7 Å². The van der Waals surface area contributed by atoms with Gasteiger partial charge in [-0.1, -0.05) is 18.2 Å². The average Bonchev–Trinajstić information content (AvgIpc) is 3.39. The summed E-state index contributed by atoms with van der Waals surface area (Å²) < 4.78 is 48.3. The molecule has 0 saturated carbocycles. The second-order valence-corrected chi connectivity index (χ2v) is 9.26. The van der Waals surface area contributed by atoms with Gasteiger partial charge >= 0.3 is 12.5 Å². The highest BCUT2D eigenvalue weighted by atomic mass is 19.4. The minimum absolute atomic E-state index is 0.0200. The number of para-hydroxylation sites is 1. The molecule has 9 nitrogen and oxygen atoms in total. The fourth-order valence-corrected chi connectivity index (χ4v) is 5.24. The van der Waals surface area contributed by atoms with Gasteiger partial charge in [-0.2, -0.15) is 0 Å². The molecule has 2 N–H and O–H groups in total. The van der Waals surface area contributed by atoms with Gasteiger partial charge in [-0.05, 0) is 44.0 Å². The van der Waals surface area contributed by atoms with Gasteiger partial charge in [-0.15, -0.1) is 13.2 Å².